The van der Waals surface area contributed by atoms with Crippen molar-refractivity contribution in [2.45, 2.75) is 57.9 Å². The van der Waals surface area contributed by atoms with Gasteiger partial charge in [0.25, 0.3) is 0 Å². The third-order valence-corrected chi connectivity index (χ3v) is 5.80. The minimum absolute atomic E-state index is 0.0380. The van der Waals surface area contributed by atoms with Crippen molar-refractivity contribution in [3.8, 4) is 0 Å². The van der Waals surface area contributed by atoms with Gasteiger partial charge in [0.15, 0.2) is 5.78 Å². The summed E-state index contributed by atoms with van der Waals surface area (Å²) in [4.78, 5) is 24.1. The average Bonchev–Trinajstić information content (AvgIpc) is 3.18. The van der Waals surface area contributed by atoms with Crippen LogP contribution in [0.25, 0.3) is 0 Å². The van der Waals surface area contributed by atoms with Gasteiger partial charge in [-0.15, -0.1) is 0 Å². The van der Waals surface area contributed by atoms with Crippen LogP contribution in [0.5, 0.6) is 0 Å². The number of ketones is 1. The third-order valence-electron chi connectivity index (χ3n) is 5.80. The molecule has 24 heavy (non-hydrogen) atoms. The van der Waals surface area contributed by atoms with E-state index in [0.717, 1.165) is 11.8 Å². The Kier molecular flexibility index (Phi) is 5.32. The lowest BCUT2D eigenvalue weighted by molar-refractivity contribution is -0.122. The number of rotatable bonds is 7. The van der Waals surface area contributed by atoms with Gasteiger partial charge >= 0.3 is 0 Å². The lowest BCUT2D eigenvalue weighted by Crippen LogP contribution is -2.40. The number of nitrogens with one attached hydrogen (secondary N) is 1. The van der Waals surface area contributed by atoms with E-state index in [9.17, 15) is 14.0 Å². The molecule has 2 fully saturated rings. The first kappa shape index (κ1) is 17.1. The summed E-state index contributed by atoms with van der Waals surface area (Å²) < 4.78 is 12.8. The predicted molar refractivity (Wildman–Crippen MR) is 91.1 cm³/mol. The summed E-state index contributed by atoms with van der Waals surface area (Å²) in [6.07, 6.45) is 6.52. The Morgan fingerprint density at radius 2 is 1.92 bits per heavy atom. The summed E-state index contributed by atoms with van der Waals surface area (Å²) in [5.41, 5.74) is 0.507. The van der Waals surface area contributed by atoms with Crippen LogP contribution in [-0.2, 0) is 4.79 Å². The maximum Gasteiger partial charge on any atom is 0.220 e. The second-order valence-electron chi connectivity index (χ2n) is 7.48. The molecule has 1 N–H and O–H groups in total. The van der Waals surface area contributed by atoms with Crippen LogP contribution >= 0.6 is 0 Å². The highest BCUT2D eigenvalue weighted by Crippen LogP contribution is 2.49. The molecule has 4 atom stereocenters. The van der Waals surface area contributed by atoms with Gasteiger partial charge in [0.1, 0.15) is 5.82 Å². The van der Waals surface area contributed by atoms with Crippen molar-refractivity contribution in [3.63, 3.8) is 0 Å². The average molecular weight is 331 g/mol. The van der Waals surface area contributed by atoms with Crippen LogP contribution in [0.4, 0.5) is 4.39 Å². The molecular weight excluding hydrogens is 305 g/mol. The molecule has 130 valence electrons. The molecule has 1 aromatic carbocycles. The predicted octanol–water partition coefficient (Wildman–Crippen LogP) is 4.12. The molecule has 0 heterocycles. The molecule has 1 amide bonds. The van der Waals surface area contributed by atoms with Crippen molar-refractivity contribution < 1.29 is 14.0 Å². The van der Waals surface area contributed by atoms with Gasteiger partial charge in [-0.25, -0.2) is 4.39 Å². The van der Waals surface area contributed by atoms with Crippen LogP contribution in [0.3, 0.4) is 0 Å². The second-order valence-corrected chi connectivity index (χ2v) is 7.48. The zero-order valence-corrected chi connectivity index (χ0v) is 14.3. The van der Waals surface area contributed by atoms with E-state index >= 15 is 0 Å². The summed E-state index contributed by atoms with van der Waals surface area (Å²) in [7, 11) is 0. The lowest BCUT2D eigenvalue weighted by Gasteiger charge is -2.28. The molecule has 3 nitrogen and oxygen atoms in total. The molecule has 2 bridgehead atoms. The monoisotopic (exact) mass is 331 g/mol. The van der Waals surface area contributed by atoms with Gasteiger partial charge in [0.2, 0.25) is 5.91 Å². The van der Waals surface area contributed by atoms with Gasteiger partial charge in [0, 0.05) is 24.4 Å². The van der Waals surface area contributed by atoms with E-state index < -0.39 is 0 Å². The standard InChI is InChI=1S/C20H26FNO2/c1-13(18-12-14-5-6-16(18)11-14)22-20(24)4-2-3-19(23)15-7-9-17(21)10-8-15/h7-10,13-14,16,18H,2-6,11-12H2,1H3,(H,22,24)/t13-,14+,16+,18+/m0/s1. The van der Waals surface area contributed by atoms with E-state index in [1.807, 2.05) is 0 Å². The lowest BCUT2D eigenvalue weighted by atomic mass is 9.84. The Balaban J connectivity index is 1.38. The highest BCUT2D eigenvalue weighted by atomic mass is 19.1. The molecule has 0 saturated heterocycles. The molecular formula is C20H26FNO2. The Bertz CT molecular complexity index is 598. The van der Waals surface area contributed by atoms with Crippen LogP contribution in [0.2, 0.25) is 0 Å². The number of amides is 1. The summed E-state index contributed by atoms with van der Waals surface area (Å²) in [5.74, 6) is 1.97. The van der Waals surface area contributed by atoms with Gasteiger partial charge in [-0.3, -0.25) is 9.59 Å². The van der Waals surface area contributed by atoms with Crippen LogP contribution in [0, 0.1) is 23.6 Å². The fourth-order valence-electron chi connectivity index (χ4n) is 4.53. The zero-order chi connectivity index (χ0) is 17.1. The van der Waals surface area contributed by atoms with E-state index in [1.54, 1.807) is 0 Å². The van der Waals surface area contributed by atoms with Crippen molar-refractivity contribution in [1.29, 1.82) is 0 Å². The SMILES string of the molecule is C[C@H](NC(=O)CCCC(=O)c1ccc(F)cc1)[C@H]1C[C@@H]2CC[C@@H]1C2. The van der Waals surface area contributed by atoms with Crippen molar-refractivity contribution in [2.75, 3.05) is 0 Å². The van der Waals surface area contributed by atoms with Crippen LogP contribution in [0.15, 0.2) is 24.3 Å². The minimum Gasteiger partial charge on any atom is -0.353 e. The summed E-state index contributed by atoms with van der Waals surface area (Å²) in [5, 5.41) is 3.13. The quantitative estimate of drug-likeness (QED) is 0.764. The van der Waals surface area contributed by atoms with Gasteiger partial charge in [-0.05, 0) is 74.6 Å². The van der Waals surface area contributed by atoms with Crippen molar-refractivity contribution in [2.24, 2.45) is 17.8 Å². The maximum atomic E-state index is 12.8. The van der Waals surface area contributed by atoms with Crippen molar-refractivity contribution >= 4 is 11.7 Å². The fourth-order valence-corrected chi connectivity index (χ4v) is 4.53. The molecule has 0 aliphatic heterocycles. The molecule has 2 saturated carbocycles. The largest absolute Gasteiger partial charge is 0.353 e. The summed E-state index contributed by atoms with van der Waals surface area (Å²) in [6, 6.07) is 5.80. The van der Waals surface area contributed by atoms with Crippen molar-refractivity contribution in [1.82, 2.24) is 5.32 Å². The molecule has 0 aromatic heterocycles. The molecule has 0 radical (unpaired) electrons. The molecule has 2 aliphatic carbocycles. The Morgan fingerprint density at radius 1 is 1.17 bits per heavy atom. The molecule has 3 rings (SSSR count). The number of Topliss-reactive ketones (excluding diaryl/α,β-unsaturated/α-hetero) is 1. The Hall–Kier alpha value is -1.71. The van der Waals surface area contributed by atoms with Gasteiger partial charge in [-0.2, -0.15) is 0 Å². The molecule has 0 unspecified atom stereocenters. The molecule has 1 aromatic rings. The number of benzene rings is 1. The Morgan fingerprint density at radius 3 is 2.54 bits per heavy atom. The van der Waals surface area contributed by atoms with Gasteiger partial charge in [-0.1, -0.05) is 6.42 Å². The van der Waals surface area contributed by atoms with E-state index in [4.69, 9.17) is 0 Å². The van der Waals surface area contributed by atoms with Gasteiger partial charge in [0.05, 0.1) is 0 Å². The van der Waals surface area contributed by atoms with E-state index in [0.29, 0.717) is 30.7 Å². The number of hydrogen-bond acceptors (Lipinski definition) is 2. The van der Waals surface area contributed by atoms with Crippen LogP contribution in [-0.4, -0.2) is 17.7 Å². The number of fused-ring (bicyclic) bond motifs is 2. The summed E-state index contributed by atoms with van der Waals surface area (Å²) in [6.45, 7) is 2.12. The topological polar surface area (TPSA) is 46.2 Å². The zero-order valence-electron chi connectivity index (χ0n) is 14.3. The first-order valence-electron chi connectivity index (χ1n) is 9.11. The van der Waals surface area contributed by atoms with Crippen LogP contribution < -0.4 is 5.32 Å². The Labute approximate surface area is 143 Å². The molecule has 0 spiro atoms. The fraction of sp³-hybridized carbons (Fsp3) is 0.600. The first-order valence-corrected chi connectivity index (χ1v) is 9.11. The highest BCUT2D eigenvalue weighted by Gasteiger charge is 2.42. The smallest absolute Gasteiger partial charge is 0.220 e. The normalized spacial score (nSPS) is 26.3. The highest BCUT2D eigenvalue weighted by molar-refractivity contribution is 5.96. The van der Waals surface area contributed by atoms with Gasteiger partial charge < -0.3 is 5.32 Å². The minimum atomic E-state index is -0.347. The van der Waals surface area contributed by atoms with E-state index in [2.05, 4.69) is 12.2 Å². The second kappa shape index (κ2) is 7.45. The number of carbonyl (C=O) groups excluding carboxylic acids is 2. The third kappa shape index (κ3) is 4.03. The molecule has 4 heteroatoms. The van der Waals surface area contributed by atoms with Crippen LogP contribution in [0.1, 0.15) is 62.2 Å². The van der Waals surface area contributed by atoms with E-state index in [-0.39, 0.29) is 23.5 Å². The molecule has 2 aliphatic rings. The maximum absolute atomic E-state index is 12.8. The number of carbonyl (C=O) groups is 2. The van der Waals surface area contributed by atoms with Crippen molar-refractivity contribution in [3.05, 3.63) is 35.6 Å². The number of hydrogen-bond donors (Lipinski definition) is 1. The summed E-state index contributed by atoms with van der Waals surface area (Å²) >= 11 is 0. The number of halogens is 1. The first-order chi connectivity index (χ1) is 11.5. The van der Waals surface area contributed by atoms with E-state index in [1.165, 1.54) is 49.9 Å².